The van der Waals surface area contributed by atoms with Crippen LogP contribution in [0.4, 0.5) is 4.39 Å². The third-order valence-corrected chi connectivity index (χ3v) is 1.62. The lowest BCUT2D eigenvalue weighted by Crippen LogP contribution is -2.16. The number of halogens is 1. The molecule has 0 unspecified atom stereocenters. The minimum Gasteiger partial charge on any atom is -0.466 e. The molecule has 0 amide bonds. The van der Waals surface area contributed by atoms with Gasteiger partial charge in [-0.15, -0.1) is 0 Å². The van der Waals surface area contributed by atoms with Crippen molar-refractivity contribution in [3.05, 3.63) is 30.1 Å². The topological polar surface area (TPSA) is 52.6 Å². The molecule has 0 aliphatic carbocycles. The van der Waals surface area contributed by atoms with Crippen LogP contribution < -0.4 is 4.74 Å². The Balaban J connectivity index is 2.48. The summed E-state index contributed by atoms with van der Waals surface area (Å²) >= 11 is 0. The normalized spacial score (nSPS) is 9.62. The Morgan fingerprint density at radius 3 is 2.69 bits per heavy atom. The van der Waals surface area contributed by atoms with Crippen LogP contribution in [0.25, 0.3) is 0 Å². The second kappa shape index (κ2) is 5.85. The highest BCUT2D eigenvalue weighted by Crippen LogP contribution is 2.12. The molecular weight excluding hydrogens is 215 g/mol. The molecule has 0 fully saturated rings. The average Bonchev–Trinajstić information content (AvgIpc) is 2.17. The van der Waals surface area contributed by atoms with Crippen LogP contribution in [0.2, 0.25) is 0 Å². The van der Waals surface area contributed by atoms with E-state index in [2.05, 4.69) is 4.74 Å². The molecule has 1 aromatic carbocycles. The first-order valence-corrected chi connectivity index (χ1v) is 4.73. The summed E-state index contributed by atoms with van der Waals surface area (Å²) in [6.45, 7) is 1.84. The van der Waals surface area contributed by atoms with Gasteiger partial charge in [0.15, 0.2) is 0 Å². The van der Waals surface area contributed by atoms with Gasteiger partial charge in [0.25, 0.3) is 0 Å². The minimum atomic E-state index is -0.774. The van der Waals surface area contributed by atoms with Gasteiger partial charge in [0.1, 0.15) is 18.0 Å². The van der Waals surface area contributed by atoms with E-state index in [1.165, 1.54) is 18.2 Å². The lowest BCUT2D eigenvalue weighted by Gasteiger charge is -2.03. The monoisotopic (exact) mass is 226 g/mol. The highest BCUT2D eigenvalue weighted by Gasteiger charge is 2.12. The van der Waals surface area contributed by atoms with Gasteiger partial charge in [0.2, 0.25) is 0 Å². The zero-order valence-electron chi connectivity index (χ0n) is 8.73. The quantitative estimate of drug-likeness (QED) is 0.445. The Hall–Kier alpha value is -1.91. The van der Waals surface area contributed by atoms with E-state index < -0.39 is 24.2 Å². The lowest BCUT2D eigenvalue weighted by molar-refractivity contribution is -0.149. The fourth-order valence-electron chi connectivity index (χ4n) is 1.03. The Morgan fingerprint density at radius 1 is 1.31 bits per heavy atom. The minimum absolute atomic E-state index is 0.0642. The van der Waals surface area contributed by atoms with Crippen LogP contribution in [-0.4, -0.2) is 18.5 Å². The molecule has 1 rings (SSSR count). The van der Waals surface area contributed by atoms with Crippen molar-refractivity contribution in [1.29, 1.82) is 0 Å². The van der Waals surface area contributed by atoms with Crippen molar-refractivity contribution in [2.24, 2.45) is 0 Å². The molecule has 0 aliphatic heterocycles. The number of ether oxygens (including phenoxy) is 2. The average molecular weight is 226 g/mol. The number of carbonyl (C=O) groups excluding carboxylic acids is 2. The van der Waals surface area contributed by atoms with Gasteiger partial charge in [0, 0.05) is 6.07 Å². The van der Waals surface area contributed by atoms with Gasteiger partial charge in [-0.3, -0.25) is 9.59 Å². The van der Waals surface area contributed by atoms with Gasteiger partial charge >= 0.3 is 11.9 Å². The number of carbonyl (C=O) groups is 2. The second-order valence-electron chi connectivity index (χ2n) is 2.91. The van der Waals surface area contributed by atoms with Gasteiger partial charge < -0.3 is 9.47 Å². The van der Waals surface area contributed by atoms with Crippen molar-refractivity contribution < 1.29 is 23.5 Å². The maximum atomic E-state index is 12.7. The van der Waals surface area contributed by atoms with Crippen LogP contribution >= 0.6 is 0 Å². The van der Waals surface area contributed by atoms with Crippen LogP contribution in [0.5, 0.6) is 5.75 Å². The molecule has 0 saturated heterocycles. The molecule has 0 radical (unpaired) electrons. The summed E-state index contributed by atoms with van der Waals surface area (Å²) < 4.78 is 22.0. The van der Waals surface area contributed by atoms with E-state index in [9.17, 15) is 14.0 Å². The van der Waals surface area contributed by atoms with Crippen molar-refractivity contribution in [1.82, 2.24) is 0 Å². The van der Waals surface area contributed by atoms with E-state index in [1.807, 2.05) is 0 Å². The van der Waals surface area contributed by atoms with Crippen LogP contribution in [0.3, 0.4) is 0 Å². The molecule has 86 valence electrons. The number of hydrogen-bond donors (Lipinski definition) is 0. The maximum absolute atomic E-state index is 12.7. The lowest BCUT2D eigenvalue weighted by atomic mass is 10.3. The number of benzene rings is 1. The molecular formula is C11H11FO4. The summed E-state index contributed by atoms with van der Waals surface area (Å²) in [6.07, 6.45) is -0.482. The van der Waals surface area contributed by atoms with E-state index in [-0.39, 0.29) is 12.4 Å². The predicted molar refractivity (Wildman–Crippen MR) is 53.3 cm³/mol. The Bertz CT molecular complexity index is 389. The van der Waals surface area contributed by atoms with Crippen molar-refractivity contribution in [3.63, 3.8) is 0 Å². The first-order chi connectivity index (χ1) is 7.61. The Labute approximate surface area is 92.0 Å². The van der Waals surface area contributed by atoms with E-state index in [4.69, 9.17) is 4.74 Å². The van der Waals surface area contributed by atoms with Crippen molar-refractivity contribution in [2.75, 3.05) is 6.61 Å². The van der Waals surface area contributed by atoms with E-state index in [0.29, 0.717) is 0 Å². The molecule has 0 bridgehead atoms. The smallest absolute Gasteiger partial charge is 0.322 e. The highest BCUT2D eigenvalue weighted by molar-refractivity contribution is 5.92. The maximum Gasteiger partial charge on any atom is 0.322 e. The van der Waals surface area contributed by atoms with E-state index in [0.717, 1.165) is 6.07 Å². The zero-order chi connectivity index (χ0) is 12.0. The summed E-state index contributed by atoms with van der Waals surface area (Å²) in [5.74, 6) is -1.89. The molecule has 0 saturated carbocycles. The van der Waals surface area contributed by atoms with Crippen LogP contribution in [0.15, 0.2) is 24.3 Å². The molecule has 16 heavy (non-hydrogen) atoms. The third kappa shape index (κ3) is 4.08. The third-order valence-electron chi connectivity index (χ3n) is 1.62. The van der Waals surface area contributed by atoms with E-state index in [1.54, 1.807) is 6.92 Å². The van der Waals surface area contributed by atoms with Crippen LogP contribution in [0, 0.1) is 5.82 Å². The van der Waals surface area contributed by atoms with E-state index >= 15 is 0 Å². The summed E-state index contributed by atoms with van der Waals surface area (Å²) in [6, 6.07) is 5.11. The SMILES string of the molecule is CCOC(=O)CC(=O)Oc1cccc(F)c1. The molecule has 1 aromatic rings. The van der Waals surface area contributed by atoms with Crippen molar-refractivity contribution >= 4 is 11.9 Å². The molecule has 0 aromatic heterocycles. The summed E-state index contributed by atoms with van der Waals surface area (Å²) in [5, 5.41) is 0. The summed E-state index contributed by atoms with van der Waals surface area (Å²) in [4.78, 5) is 22.1. The molecule has 0 aliphatic rings. The molecule has 0 heterocycles. The first kappa shape index (κ1) is 12.2. The van der Waals surface area contributed by atoms with Gasteiger partial charge in [-0.05, 0) is 19.1 Å². The largest absolute Gasteiger partial charge is 0.466 e. The second-order valence-corrected chi connectivity index (χ2v) is 2.91. The Kier molecular flexibility index (Phi) is 4.44. The molecule has 5 heteroatoms. The molecule has 4 nitrogen and oxygen atoms in total. The van der Waals surface area contributed by atoms with Crippen LogP contribution in [0.1, 0.15) is 13.3 Å². The number of hydrogen-bond acceptors (Lipinski definition) is 4. The van der Waals surface area contributed by atoms with Crippen LogP contribution in [-0.2, 0) is 14.3 Å². The first-order valence-electron chi connectivity index (χ1n) is 4.73. The van der Waals surface area contributed by atoms with Crippen molar-refractivity contribution in [2.45, 2.75) is 13.3 Å². The highest BCUT2D eigenvalue weighted by atomic mass is 19.1. The summed E-state index contributed by atoms with van der Waals surface area (Å²) in [5.41, 5.74) is 0. The molecule has 0 N–H and O–H groups in total. The predicted octanol–water partition coefficient (Wildman–Crippen LogP) is 1.68. The van der Waals surface area contributed by atoms with Crippen molar-refractivity contribution in [3.8, 4) is 5.75 Å². The Morgan fingerprint density at radius 2 is 2.06 bits per heavy atom. The standard InChI is InChI=1S/C11H11FO4/c1-2-15-10(13)7-11(14)16-9-5-3-4-8(12)6-9/h3-6H,2,7H2,1H3. The zero-order valence-corrected chi connectivity index (χ0v) is 8.73. The van der Waals surface area contributed by atoms with Gasteiger partial charge in [-0.1, -0.05) is 6.07 Å². The molecule has 0 atom stereocenters. The fourth-order valence-corrected chi connectivity index (χ4v) is 1.03. The molecule has 0 spiro atoms. The van der Waals surface area contributed by atoms with Gasteiger partial charge in [-0.25, -0.2) is 4.39 Å². The fraction of sp³-hybridized carbons (Fsp3) is 0.273. The van der Waals surface area contributed by atoms with Gasteiger partial charge in [-0.2, -0.15) is 0 Å². The number of esters is 2. The van der Waals surface area contributed by atoms with Gasteiger partial charge in [0.05, 0.1) is 6.61 Å². The summed E-state index contributed by atoms with van der Waals surface area (Å²) in [7, 11) is 0. The number of rotatable bonds is 4.